The Hall–Kier alpha value is -1.53. The zero-order chi connectivity index (χ0) is 9.42. The summed E-state index contributed by atoms with van der Waals surface area (Å²) in [6.45, 7) is 1.81. The summed E-state index contributed by atoms with van der Waals surface area (Å²) in [7, 11) is 0. The van der Waals surface area contributed by atoms with Gasteiger partial charge in [-0.2, -0.15) is 5.26 Å². The number of hydrogen-bond acceptors (Lipinski definition) is 2. The number of fused-ring (bicyclic) bond motifs is 1. The van der Waals surface area contributed by atoms with Crippen molar-refractivity contribution in [3.05, 3.63) is 34.7 Å². The Morgan fingerprint density at radius 3 is 3.00 bits per heavy atom. The topological polar surface area (TPSA) is 41.1 Å². The monoisotopic (exact) mass is 191 g/mol. The van der Waals surface area contributed by atoms with Crippen LogP contribution in [0.25, 0.3) is 5.65 Å². The standard InChI is InChI=1S/C9H6ClN3/c1-6-8(4-11)13-5-7(10)2-3-9(13)12-6/h2-3,5H,1H3. The number of aryl methyl sites for hydroxylation is 1. The molecular weight excluding hydrogens is 186 g/mol. The van der Waals surface area contributed by atoms with E-state index in [1.165, 1.54) is 0 Å². The van der Waals surface area contributed by atoms with E-state index in [1.807, 2.05) is 0 Å². The van der Waals surface area contributed by atoms with E-state index in [9.17, 15) is 0 Å². The van der Waals surface area contributed by atoms with Crippen molar-refractivity contribution < 1.29 is 0 Å². The zero-order valence-electron chi connectivity index (χ0n) is 6.95. The summed E-state index contributed by atoms with van der Waals surface area (Å²) in [5.74, 6) is 0. The molecule has 0 aliphatic heterocycles. The highest BCUT2D eigenvalue weighted by molar-refractivity contribution is 6.30. The highest BCUT2D eigenvalue weighted by atomic mass is 35.5. The molecule has 13 heavy (non-hydrogen) atoms. The molecule has 0 aliphatic carbocycles. The number of aromatic nitrogens is 2. The minimum Gasteiger partial charge on any atom is -0.290 e. The molecule has 3 nitrogen and oxygen atoms in total. The fourth-order valence-corrected chi connectivity index (χ4v) is 1.43. The Labute approximate surface area is 80.2 Å². The number of halogens is 1. The van der Waals surface area contributed by atoms with Crippen LogP contribution in [0.2, 0.25) is 5.02 Å². The van der Waals surface area contributed by atoms with Crippen LogP contribution in [-0.2, 0) is 0 Å². The third-order valence-corrected chi connectivity index (χ3v) is 2.09. The van der Waals surface area contributed by atoms with E-state index < -0.39 is 0 Å². The van der Waals surface area contributed by atoms with Gasteiger partial charge in [0.05, 0.1) is 10.7 Å². The molecule has 0 saturated heterocycles. The van der Waals surface area contributed by atoms with E-state index >= 15 is 0 Å². The lowest BCUT2D eigenvalue weighted by atomic mass is 10.4. The maximum absolute atomic E-state index is 8.84. The van der Waals surface area contributed by atoms with Gasteiger partial charge in [-0.15, -0.1) is 0 Å². The van der Waals surface area contributed by atoms with Crippen LogP contribution in [0.4, 0.5) is 0 Å². The van der Waals surface area contributed by atoms with Gasteiger partial charge >= 0.3 is 0 Å². The smallest absolute Gasteiger partial charge is 0.147 e. The van der Waals surface area contributed by atoms with Gasteiger partial charge in [-0.3, -0.25) is 4.40 Å². The van der Waals surface area contributed by atoms with E-state index in [0.29, 0.717) is 10.7 Å². The molecule has 0 unspecified atom stereocenters. The van der Waals surface area contributed by atoms with Crippen LogP contribution in [0, 0.1) is 18.3 Å². The van der Waals surface area contributed by atoms with Crippen LogP contribution in [0.15, 0.2) is 18.3 Å². The summed E-state index contributed by atoms with van der Waals surface area (Å²) in [6, 6.07) is 5.63. The van der Waals surface area contributed by atoms with Crippen LogP contribution < -0.4 is 0 Å². The predicted octanol–water partition coefficient (Wildman–Crippen LogP) is 2.17. The minimum atomic E-state index is 0.539. The lowest BCUT2D eigenvalue weighted by Gasteiger charge is -1.94. The molecule has 2 aromatic heterocycles. The van der Waals surface area contributed by atoms with Gasteiger partial charge in [-0.25, -0.2) is 4.98 Å². The van der Waals surface area contributed by atoms with E-state index in [-0.39, 0.29) is 0 Å². The zero-order valence-corrected chi connectivity index (χ0v) is 7.71. The Morgan fingerprint density at radius 1 is 1.54 bits per heavy atom. The van der Waals surface area contributed by atoms with E-state index in [2.05, 4.69) is 11.1 Å². The fraction of sp³-hybridized carbons (Fsp3) is 0.111. The molecule has 0 aromatic carbocycles. The first-order chi connectivity index (χ1) is 6.22. The Bertz CT molecular complexity index is 507. The molecule has 0 N–H and O–H groups in total. The molecule has 2 heterocycles. The van der Waals surface area contributed by atoms with E-state index in [4.69, 9.17) is 16.9 Å². The Kier molecular flexibility index (Phi) is 1.71. The summed E-state index contributed by atoms with van der Waals surface area (Å²) >= 11 is 5.80. The summed E-state index contributed by atoms with van der Waals surface area (Å²) in [6.07, 6.45) is 1.69. The second-order valence-corrected chi connectivity index (χ2v) is 3.17. The molecule has 0 radical (unpaired) electrons. The molecule has 4 heteroatoms. The molecule has 2 aromatic rings. The number of nitriles is 1. The number of pyridine rings is 1. The van der Waals surface area contributed by atoms with Gasteiger partial charge in [0, 0.05) is 6.20 Å². The molecule has 2 rings (SSSR count). The van der Waals surface area contributed by atoms with E-state index in [1.54, 1.807) is 29.7 Å². The molecule has 0 fully saturated rings. The van der Waals surface area contributed by atoms with Crippen molar-refractivity contribution in [1.29, 1.82) is 5.26 Å². The number of hydrogen-bond donors (Lipinski definition) is 0. The summed E-state index contributed by atoms with van der Waals surface area (Å²) in [5, 5.41) is 9.44. The van der Waals surface area contributed by atoms with Gasteiger partial charge in [-0.05, 0) is 19.1 Å². The highest BCUT2D eigenvalue weighted by Gasteiger charge is 2.06. The van der Waals surface area contributed by atoms with Crippen LogP contribution in [0.3, 0.4) is 0 Å². The third-order valence-electron chi connectivity index (χ3n) is 1.86. The minimum absolute atomic E-state index is 0.539. The number of nitrogens with zero attached hydrogens (tertiary/aromatic N) is 3. The van der Waals surface area contributed by atoms with Crippen molar-refractivity contribution in [2.75, 3.05) is 0 Å². The fourth-order valence-electron chi connectivity index (χ4n) is 1.27. The van der Waals surface area contributed by atoms with Gasteiger partial charge in [0.15, 0.2) is 0 Å². The third kappa shape index (κ3) is 1.16. The first-order valence-corrected chi connectivity index (χ1v) is 4.14. The quantitative estimate of drug-likeness (QED) is 0.641. The SMILES string of the molecule is Cc1nc2ccc(Cl)cn2c1C#N. The lowest BCUT2D eigenvalue weighted by molar-refractivity contribution is 1.14. The molecule has 0 saturated carbocycles. The molecule has 0 aliphatic rings. The normalized spacial score (nSPS) is 10.2. The van der Waals surface area contributed by atoms with Gasteiger partial charge < -0.3 is 0 Å². The second-order valence-electron chi connectivity index (χ2n) is 2.73. The maximum Gasteiger partial charge on any atom is 0.147 e. The number of rotatable bonds is 0. The first kappa shape index (κ1) is 8.09. The Morgan fingerprint density at radius 2 is 2.31 bits per heavy atom. The summed E-state index contributed by atoms with van der Waals surface area (Å²) < 4.78 is 1.69. The van der Waals surface area contributed by atoms with Gasteiger partial charge in [-0.1, -0.05) is 11.6 Å². The molecular formula is C9H6ClN3. The van der Waals surface area contributed by atoms with E-state index in [0.717, 1.165) is 11.3 Å². The summed E-state index contributed by atoms with van der Waals surface area (Å²) in [5.41, 5.74) is 2.01. The van der Waals surface area contributed by atoms with Crippen LogP contribution in [0.5, 0.6) is 0 Å². The van der Waals surface area contributed by atoms with Crippen molar-refractivity contribution in [2.24, 2.45) is 0 Å². The van der Waals surface area contributed by atoms with Crippen LogP contribution >= 0.6 is 11.6 Å². The second kappa shape index (κ2) is 2.75. The first-order valence-electron chi connectivity index (χ1n) is 3.76. The van der Waals surface area contributed by atoms with Crippen LogP contribution in [0.1, 0.15) is 11.4 Å². The van der Waals surface area contributed by atoms with Crippen LogP contribution in [-0.4, -0.2) is 9.38 Å². The molecule has 0 spiro atoms. The van der Waals surface area contributed by atoms with Crippen molar-refractivity contribution in [1.82, 2.24) is 9.38 Å². The van der Waals surface area contributed by atoms with Crippen molar-refractivity contribution in [3.63, 3.8) is 0 Å². The maximum atomic E-state index is 8.84. The number of imidazole rings is 1. The predicted molar refractivity (Wildman–Crippen MR) is 49.7 cm³/mol. The highest BCUT2D eigenvalue weighted by Crippen LogP contribution is 2.14. The van der Waals surface area contributed by atoms with Crippen molar-refractivity contribution in [3.8, 4) is 6.07 Å². The summed E-state index contributed by atoms with van der Waals surface area (Å²) in [4.78, 5) is 4.21. The van der Waals surface area contributed by atoms with Crippen molar-refractivity contribution in [2.45, 2.75) is 6.92 Å². The average molecular weight is 192 g/mol. The largest absolute Gasteiger partial charge is 0.290 e. The lowest BCUT2D eigenvalue weighted by Crippen LogP contribution is -1.87. The van der Waals surface area contributed by atoms with Crippen molar-refractivity contribution >= 4 is 17.2 Å². The molecule has 0 bridgehead atoms. The molecule has 64 valence electrons. The van der Waals surface area contributed by atoms with Gasteiger partial charge in [0.25, 0.3) is 0 Å². The Balaban J connectivity index is 2.91. The van der Waals surface area contributed by atoms with Gasteiger partial charge in [0.2, 0.25) is 0 Å². The molecule has 0 amide bonds. The average Bonchev–Trinajstić information content (AvgIpc) is 2.40. The molecule has 0 atom stereocenters. The van der Waals surface area contributed by atoms with Gasteiger partial charge in [0.1, 0.15) is 17.4 Å².